The summed E-state index contributed by atoms with van der Waals surface area (Å²) >= 11 is 4.98. The van der Waals surface area contributed by atoms with E-state index in [1.165, 1.54) is 6.07 Å². The molecule has 1 heterocycles. The van der Waals surface area contributed by atoms with Crippen LogP contribution >= 0.6 is 27.7 Å². The fourth-order valence-corrected chi connectivity index (χ4v) is 3.67. The Balaban J connectivity index is 2.14. The van der Waals surface area contributed by atoms with Crippen LogP contribution in [-0.4, -0.2) is 21.7 Å². The molecule has 2 rings (SSSR count). The highest BCUT2D eigenvalue weighted by atomic mass is 79.9. The number of hydrogen-bond donors (Lipinski definition) is 1. The van der Waals surface area contributed by atoms with E-state index in [-0.39, 0.29) is 5.82 Å². The van der Waals surface area contributed by atoms with E-state index in [0.29, 0.717) is 23.0 Å². The summed E-state index contributed by atoms with van der Waals surface area (Å²) in [5.74, 6) is 0.455. The minimum atomic E-state index is -0.737. The van der Waals surface area contributed by atoms with Crippen LogP contribution in [0.4, 0.5) is 4.39 Å². The molecule has 2 atom stereocenters. The fourth-order valence-electron chi connectivity index (χ4n) is 2.09. The first-order chi connectivity index (χ1) is 7.48. The van der Waals surface area contributed by atoms with Gasteiger partial charge in [0.05, 0.1) is 5.60 Å². The Morgan fingerprint density at radius 2 is 2.38 bits per heavy atom. The molecule has 1 nitrogen and oxygen atoms in total. The highest BCUT2D eigenvalue weighted by molar-refractivity contribution is 9.10. The molecule has 4 heteroatoms. The minimum absolute atomic E-state index is 0.243. The van der Waals surface area contributed by atoms with Gasteiger partial charge in [0.25, 0.3) is 0 Å². The zero-order valence-corrected chi connectivity index (χ0v) is 11.4. The van der Waals surface area contributed by atoms with E-state index in [4.69, 9.17) is 0 Å². The summed E-state index contributed by atoms with van der Waals surface area (Å²) < 4.78 is 14.4. The average molecular weight is 305 g/mol. The largest absolute Gasteiger partial charge is 0.389 e. The van der Waals surface area contributed by atoms with Crippen molar-refractivity contribution >= 4 is 27.7 Å². The molecule has 1 aliphatic heterocycles. The second-order valence-electron chi connectivity index (χ2n) is 4.46. The van der Waals surface area contributed by atoms with Crippen LogP contribution in [0.25, 0.3) is 0 Å². The Bertz CT molecular complexity index is 399. The van der Waals surface area contributed by atoms with Gasteiger partial charge in [-0.05, 0) is 24.1 Å². The Kier molecular flexibility index (Phi) is 3.62. The van der Waals surface area contributed by atoms with E-state index in [2.05, 4.69) is 22.9 Å². The lowest BCUT2D eigenvalue weighted by Crippen LogP contribution is -2.31. The molecule has 1 aromatic carbocycles. The lowest BCUT2D eigenvalue weighted by atomic mass is 9.92. The fraction of sp³-hybridized carbons (Fsp3) is 0.500. The topological polar surface area (TPSA) is 20.2 Å². The van der Waals surface area contributed by atoms with E-state index >= 15 is 0 Å². The van der Waals surface area contributed by atoms with Crippen molar-refractivity contribution in [1.29, 1.82) is 0 Å². The molecule has 2 unspecified atom stereocenters. The molecule has 0 saturated carbocycles. The molecule has 88 valence electrons. The SMILES string of the molecule is CC1CC(O)(Cc2ccc(Br)cc2F)CS1. The second kappa shape index (κ2) is 4.67. The van der Waals surface area contributed by atoms with Gasteiger partial charge in [0.1, 0.15) is 5.82 Å². The molecule has 1 N–H and O–H groups in total. The lowest BCUT2D eigenvalue weighted by Gasteiger charge is -2.22. The van der Waals surface area contributed by atoms with Gasteiger partial charge in [-0.2, -0.15) is 11.8 Å². The molecule has 0 bridgehead atoms. The van der Waals surface area contributed by atoms with Crippen molar-refractivity contribution in [3.05, 3.63) is 34.1 Å². The maximum Gasteiger partial charge on any atom is 0.127 e. The first-order valence-corrected chi connectivity index (χ1v) is 7.11. The van der Waals surface area contributed by atoms with Gasteiger partial charge < -0.3 is 5.11 Å². The van der Waals surface area contributed by atoms with E-state index in [9.17, 15) is 9.50 Å². The Hall–Kier alpha value is -0.0600. The predicted molar refractivity (Wildman–Crippen MR) is 69.3 cm³/mol. The normalized spacial score (nSPS) is 29.6. The van der Waals surface area contributed by atoms with Crippen molar-refractivity contribution < 1.29 is 9.50 Å². The van der Waals surface area contributed by atoms with E-state index < -0.39 is 5.60 Å². The van der Waals surface area contributed by atoms with Crippen LogP contribution in [0.5, 0.6) is 0 Å². The number of rotatable bonds is 2. The summed E-state index contributed by atoms with van der Waals surface area (Å²) in [5.41, 5.74) is -0.140. The third-order valence-corrected chi connectivity index (χ3v) is 4.77. The van der Waals surface area contributed by atoms with Gasteiger partial charge in [-0.15, -0.1) is 0 Å². The van der Waals surface area contributed by atoms with E-state index in [1.54, 1.807) is 17.8 Å². The van der Waals surface area contributed by atoms with Gasteiger partial charge >= 0.3 is 0 Å². The van der Waals surface area contributed by atoms with Gasteiger partial charge in [-0.25, -0.2) is 4.39 Å². The minimum Gasteiger partial charge on any atom is -0.389 e. The van der Waals surface area contributed by atoms with Gasteiger partial charge in [0.15, 0.2) is 0 Å². The van der Waals surface area contributed by atoms with Crippen LogP contribution in [0, 0.1) is 5.82 Å². The molecular weight excluding hydrogens is 291 g/mol. The molecule has 0 spiro atoms. The van der Waals surface area contributed by atoms with Crippen LogP contribution in [0.1, 0.15) is 18.9 Å². The predicted octanol–water partition coefficient (Wildman–Crippen LogP) is 3.39. The standard InChI is InChI=1S/C12H14BrFOS/c1-8-5-12(15,7-16-8)6-9-2-3-10(13)4-11(9)14/h2-4,8,15H,5-7H2,1H3. The molecule has 0 amide bonds. The molecule has 0 radical (unpaired) electrons. The number of thioether (sulfide) groups is 1. The first kappa shape index (κ1) is 12.4. The van der Waals surface area contributed by atoms with Crippen LogP contribution < -0.4 is 0 Å². The van der Waals surface area contributed by atoms with Crippen molar-refractivity contribution in [2.45, 2.75) is 30.6 Å². The van der Waals surface area contributed by atoms with Crippen molar-refractivity contribution in [3.63, 3.8) is 0 Å². The van der Waals surface area contributed by atoms with Crippen LogP contribution in [0.2, 0.25) is 0 Å². The number of hydrogen-bond acceptors (Lipinski definition) is 2. The van der Waals surface area contributed by atoms with Gasteiger partial charge in [-0.3, -0.25) is 0 Å². The maximum absolute atomic E-state index is 13.6. The van der Waals surface area contributed by atoms with Crippen molar-refractivity contribution in [3.8, 4) is 0 Å². The lowest BCUT2D eigenvalue weighted by molar-refractivity contribution is 0.0633. The Morgan fingerprint density at radius 1 is 1.62 bits per heavy atom. The molecular formula is C12H14BrFOS. The van der Waals surface area contributed by atoms with Crippen LogP contribution in [-0.2, 0) is 6.42 Å². The summed E-state index contributed by atoms with van der Waals surface area (Å²) in [6.45, 7) is 2.10. The van der Waals surface area contributed by atoms with Crippen molar-refractivity contribution in [2.75, 3.05) is 5.75 Å². The smallest absolute Gasteiger partial charge is 0.127 e. The quantitative estimate of drug-likeness (QED) is 0.904. The van der Waals surface area contributed by atoms with Crippen molar-refractivity contribution in [1.82, 2.24) is 0 Å². The molecule has 16 heavy (non-hydrogen) atoms. The summed E-state index contributed by atoms with van der Waals surface area (Å²) in [5, 5.41) is 10.8. The molecule has 1 fully saturated rings. The second-order valence-corrected chi connectivity index (χ2v) is 6.81. The zero-order chi connectivity index (χ0) is 11.8. The molecule has 1 aromatic rings. The highest BCUT2D eigenvalue weighted by Gasteiger charge is 2.36. The van der Waals surface area contributed by atoms with Gasteiger partial charge in [-0.1, -0.05) is 28.9 Å². The van der Waals surface area contributed by atoms with Gasteiger partial charge in [0, 0.05) is 21.9 Å². The van der Waals surface area contributed by atoms with E-state index in [1.807, 2.05) is 6.07 Å². The third kappa shape index (κ3) is 2.79. The van der Waals surface area contributed by atoms with E-state index in [0.717, 1.165) is 10.9 Å². The van der Waals surface area contributed by atoms with Gasteiger partial charge in [0.2, 0.25) is 0 Å². The van der Waals surface area contributed by atoms with Crippen LogP contribution in [0.3, 0.4) is 0 Å². The summed E-state index contributed by atoms with van der Waals surface area (Å²) in [6.07, 6.45) is 1.15. The highest BCUT2D eigenvalue weighted by Crippen LogP contribution is 2.37. The number of halogens is 2. The van der Waals surface area contributed by atoms with Crippen molar-refractivity contribution in [2.24, 2.45) is 0 Å². The number of benzene rings is 1. The molecule has 1 saturated heterocycles. The zero-order valence-electron chi connectivity index (χ0n) is 9.04. The Morgan fingerprint density at radius 3 is 2.94 bits per heavy atom. The molecule has 1 aliphatic rings. The molecule has 0 aliphatic carbocycles. The number of aliphatic hydroxyl groups is 1. The summed E-state index contributed by atoms with van der Waals surface area (Å²) in [7, 11) is 0. The van der Waals surface area contributed by atoms with Crippen LogP contribution in [0.15, 0.2) is 22.7 Å². The summed E-state index contributed by atoms with van der Waals surface area (Å²) in [4.78, 5) is 0. The summed E-state index contributed by atoms with van der Waals surface area (Å²) in [6, 6.07) is 5.00. The maximum atomic E-state index is 13.6. The average Bonchev–Trinajstić information content (AvgIpc) is 2.52. The first-order valence-electron chi connectivity index (χ1n) is 5.26. The molecule has 0 aromatic heterocycles. The third-order valence-electron chi connectivity index (χ3n) is 2.84. The Labute approximate surface area is 108 Å². The monoisotopic (exact) mass is 304 g/mol.